The Kier molecular flexibility index (Phi) is 3.57. The van der Waals surface area contributed by atoms with Crippen LogP contribution in [0.2, 0.25) is 0 Å². The van der Waals surface area contributed by atoms with Gasteiger partial charge in [-0.2, -0.15) is 0 Å². The first kappa shape index (κ1) is 13.9. The summed E-state index contributed by atoms with van der Waals surface area (Å²) in [6, 6.07) is 5.30. The van der Waals surface area contributed by atoms with E-state index in [4.69, 9.17) is 5.11 Å². The van der Waals surface area contributed by atoms with Crippen molar-refractivity contribution in [1.82, 2.24) is 9.80 Å². The quantitative estimate of drug-likeness (QED) is 0.862. The van der Waals surface area contributed by atoms with Gasteiger partial charge in [-0.3, -0.25) is 0 Å². The number of carboxylic acids is 1. The molecule has 0 aromatic heterocycles. The van der Waals surface area contributed by atoms with E-state index >= 15 is 0 Å². The highest BCUT2D eigenvalue weighted by Gasteiger charge is 2.29. The maximum Gasteiger partial charge on any atom is 0.335 e. The lowest BCUT2D eigenvalue weighted by Crippen LogP contribution is -2.44. The lowest BCUT2D eigenvalue weighted by atomic mass is 9.97. The molecule has 2 amide bonds. The second-order valence-electron chi connectivity index (χ2n) is 6.08. The van der Waals surface area contributed by atoms with E-state index in [-0.39, 0.29) is 11.6 Å². The molecule has 0 aliphatic carbocycles. The predicted octanol–water partition coefficient (Wildman–Crippen LogP) is 2.20. The number of benzene rings is 1. The van der Waals surface area contributed by atoms with Gasteiger partial charge in [0.1, 0.15) is 0 Å². The summed E-state index contributed by atoms with van der Waals surface area (Å²) in [6.07, 6.45) is 1.86. The van der Waals surface area contributed by atoms with Crippen molar-refractivity contribution in [1.29, 1.82) is 0 Å². The fourth-order valence-electron chi connectivity index (χ4n) is 3.16. The first-order chi connectivity index (χ1) is 10.0. The maximum absolute atomic E-state index is 12.5. The van der Waals surface area contributed by atoms with Gasteiger partial charge < -0.3 is 14.9 Å². The number of carbonyl (C=O) groups is 2. The molecular formula is C16H20N2O3. The Morgan fingerprint density at radius 1 is 1.19 bits per heavy atom. The molecule has 1 aromatic carbocycles. The third-order valence-electron chi connectivity index (χ3n) is 4.43. The molecule has 2 heterocycles. The van der Waals surface area contributed by atoms with Crippen LogP contribution in [0.25, 0.3) is 0 Å². The standard InChI is InChI=1S/C16H20N2O3/c1-11-4-6-17(9-11)16(21)18-7-5-12-2-3-13(15(19)20)8-14(12)10-18/h2-3,8,11H,4-7,9-10H2,1H3,(H,19,20). The summed E-state index contributed by atoms with van der Waals surface area (Å²) in [5.41, 5.74) is 2.40. The van der Waals surface area contributed by atoms with Gasteiger partial charge in [-0.05, 0) is 42.0 Å². The molecule has 1 atom stereocenters. The van der Waals surface area contributed by atoms with E-state index in [0.717, 1.165) is 37.1 Å². The van der Waals surface area contributed by atoms with Crippen molar-refractivity contribution in [3.63, 3.8) is 0 Å². The van der Waals surface area contributed by atoms with Crippen LogP contribution >= 0.6 is 0 Å². The number of amides is 2. The zero-order chi connectivity index (χ0) is 15.0. The van der Waals surface area contributed by atoms with Crippen LogP contribution < -0.4 is 0 Å². The molecular weight excluding hydrogens is 268 g/mol. The van der Waals surface area contributed by atoms with Gasteiger partial charge in [0, 0.05) is 26.2 Å². The lowest BCUT2D eigenvalue weighted by molar-refractivity contribution is 0.0696. The maximum atomic E-state index is 12.5. The van der Waals surface area contributed by atoms with Gasteiger partial charge in [-0.25, -0.2) is 9.59 Å². The molecule has 0 saturated carbocycles. The number of aromatic carboxylic acids is 1. The average molecular weight is 288 g/mol. The lowest BCUT2D eigenvalue weighted by Gasteiger charge is -2.32. The number of urea groups is 1. The van der Waals surface area contributed by atoms with Crippen molar-refractivity contribution < 1.29 is 14.7 Å². The van der Waals surface area contributed by atoms with Crippen LogP contribution in [0.1, 0.15) is 34.8 Å². The first-order valence-corrected chi connectivity index (χ1v) is 7.43. The molecule has 2 aliphatic rings. The van der Waals surface area contributed by atoms with E-state index in [9.17, 15) is 9.59 Å². The van der Waals surface area contributed by atoms with Crippen molar-refractivity contribution in [3.05, 3.63) is 34.9 Å². The van der Waals surface area contributed by atoms with Crippen molar-refractivity contribution in [2.24, 2.45) is 5.92 Å². The summed E-state index contributed by atoms with van der Waals surface area (Å²) >= 11 is 0. The van der Waals surface area contributed by atoms with Gasteiger partial charge in [-0.15, -0.1) is 0 Å². The fourth-order valence-corrected chi connectivity index (χ4v) is 3.16. The van der Waals surface area contributed by atoms with Crippen LogP contribution in [0.5, 0.6) is 0 Å². The molecule has 0 spiro atoms. The summed E-state index contributed by atoms with van der Waals surface area (Å²) < 4.78 is 0. The van der Waals surface area contributed by atoms with E-state index in [1.165, 1.54) is 0 Å². The second kappa shape index (κ2) is 5.39. The molecule has 1 aromatic rings. The molecule has 21 heavy (non-hydrogen) atoms. The molecule has 5 nitrogen and oxygen atoms in total. The third kappa shape index (κ3) is 2.73. The topological polar surface area (TPSA) is 60.9 Å². The average Bonchev–Trinajstić information content (AvgIpc) is 2.91. The minimum absolute atomic E-state index is 0.0886. The van der Waals surface area contributed by atoms with Crippen molar-refractivity contribution in [3.8, 4) is 0 Å². The van der Waals surface area contributed by atoms with E-state index in [1.54, 1.807) is 12.1 Å². The number of hydrogen-bond acceptors (Lipinski definition) is 2. The molecule has 112 valence electrons. The highest BCUT2D eigenvalue weighted by Crippen LogP contribution is 2.23. The van der Waals surface area contributed by atoms with E-state index in [2.05, 4.69) is 6.92 Å². The molecule has 5 heteroatoms. The normalized spacial score (nSPS) is 21.3. The van der Waals surface area contributed by atoms with Gasteiger partial charge in [0.25, 0.3) is 0 Å². The monoisotopic (exact) mass is 288 g/mol. The predicted molar refractivity (Wildman–Crippen MR) is 78.3 cm³/mol. The van der Waals surface area contributed by atoms with Gasteiger partial charge >= 0.3 is 12.0 Å². The van der Waals surface area contributed by atoms with Gasteiger partial charge in [-0.1, -0.05) is 13.0 Å². The van der Waals surface area contributed by atoms with Crippen LogP contribution in [0.15, 0.2) is 18.2 Å². The number of fused-ring (bicyclic) bond motifs is 1. The first-order valence-electron chi connectivity index (χ1n) is 7.43. The van der Waals surface area contributed by atoms with Gasteiger partial charge in [0.15, 0.2) is 0 Å². The Morgan fingerprint density at radius 3 is 2.67 bits per heavy atom. The van der Waals surface area contributed by atoms with Crippen LogP contribution in [0, 0.1) is 5.92 Å². The molecule has 0 bridgehead atoms. The minimum Gasteiger partial charge on any atom is -0.478 e. The van der Waals surface area contributed by atoms with Crippen molar-refractivity contribution in [2.75, 3.05) is 19.6 Å². The fraction of sp³-hybridized carbons (Fsp3) is 0.500. The number of carboxylic acid groups (broad SMARTS) is 1. The number of carbonyl (C=O) groups excluding carboxylic acids is 1. The Balaban J connectivity index is 1.75. The molecule has 1 unspecified atom stereocenters. The molecule has 3 rings (SSSR count). The van der Waals surface area contributed by atoms with Crippen molar-refractivity contribution in [2.45, 2.75) is 26.3 Å². The van der Waals surface area contributed by atoms with Crippen LogP contribution in [0.4, 0.5) is 4.79 Å². The van der Waals surface area contributed by atoms with Gasteiger partial charge in [0.05, 0.1) is 5.56 Å². The van der Waals surface area contributed by atoms with Crippen LogP contribution in [-0.2, 0) is 13.0 Å². The smallest absolute Gasteiger partial charge is 0.335 e. The minimum atomic E-state index is -0.922. The van der Waals surface area contributed by atoms with E-state index < -0.39 is 5.97 Å². The second-order valence-corrected chi connectivity index (χ2v) is 6.08. The SMILES string of the molecule is CC1CCN(C(=O)N2CCc3ccc(C(=O)O)cc3C2)C1. The van der Waals surface area contributed by atoms with Gasteiger partial charge in [0.2, 0.25) is 0 Å². The number of hydrogen-bond donors (Lipinski definition) is 1. The third-order valence-corrected chi connectivity index (χ3v) is 4.43. The zero-order valence-corrected chi connectivity index (χ0v) is 12.2. The van der Waals surface area contributed by atoms with E-state index in [0.29, 0.717) is 19.0 Å². The molecule has 0 radical (unpaired) electrons. The number of nitrogens with zero attached hydrogens (tertiary/aromatic N) is 2. The van der Waals surface area contributed by atoms with E-state index in [1.807, 2.05) is 15.9 Å². The Bertz CT molecular complexity index is 585. The van der Waals surface area contributed by atoms with Crippen molar-refractivity contribution >= 4 is 12.0 Å². The Hall–Kier alpha value is -2.04. The number of likely N-dealkylation sites (tertiary alicyclic amines) is 1. The Labute approximate surface area is 124 Å². The van der Waals surface area contributed by atoms with Crippen LogP contribution in [-0.4, -0.2) is 46.5 Å². The summed E-state index contributed by atoms with van der Waals surface area (Å²) in [5.74, 6) is -0.348. The molecule has 1 fully saturated rings. The molecule has 1 saturated heterocycles. The Morgan fingerprint density at radius 2 is 2.00 bits per heavy atom. The number of rotatable bonds is 1. The highest BCUT2D eigenvalue weighted by molar-refractivity contribution is 5.88. The molecule has 2 aliphatic heterocycles. The zero-order valence-electron chi connectivity index (χ0n) is 12.2. The summed E-state index contributed by atoms with van der Waals surface area (Å²) in [4.78, 5) is 27.3. The summed E-state index contributed by atoms with van der Waals surface area (Å²) in [5, 5.41) is 9.07. The highest BCUT2D eigenvalue weighted by atomic mass is 16.4. The summed E-state index contributed by atoms with van der Waals surface area (Å²) in [6.45, 7) is 5.05. The summed E-state index contributed by atoms with van der Waals surface area (Å²) in [7, 11) is 0. The molecule has 1 N–H and O–H groups in total. The largest absolute Gasteiger partial charge is 0.478 e. The van der Waals surface area contributed by atoms with Crippen LogP contribution in [0.3, 0.4) is 0 Å².